The lowest BCUT2D eigenvalue weighted by Gasteiger charge is -2.63. The fraction of sp³-hybridized carbons (Fsp3) is 0.800. The van der Waals surface area contributed by atoms with Crippen LogP contribution < -0.4 is 0 Å². The van der Waals surface area contributed by atoms with Gasteiger partial charge < -0.3 is 9.84 Å². The average molecular weight is 332 g/mol. The summed E-state index contributed by atoms with van der Waals surface area (Å²) >= 11 is 0. The van der Waals surface area contributed by atoms with E-state index in [1.807, 2.05) is 6.92 Å². The van der Waals surface area contributed by atoms with Crippen LogP contribution in [0.3, 0.4) is 0 Å². The fourth-order valence-corrected chi connectivity index (χ4v) is 7.12. The van der Waals surface area contributed by atoms with Gasteiger partial charge in [-0.1, -0.05) is 20.3 Å². The maximum atomic E-state index is 12.4. The third-order valence-electron chi connectivity index (χ3n) is 8.22. The van der Waals surface area contributed by atoms with Crippen LogP contribution in [0.5, 0.6) is 0 Å². The first kappa shape index (κ1) is 16.2. The molecular formula is C20H28O4. The van der Waals surface area contributed by atoms with Crippen LogP contribution in [-0.2, 0) is 14.3 Å². The van der Waals surface area contributed by atoms with Crippen molar-refractivity contribution < 1.29 is 19.4 Å². The van der Waals surface area contributed by atoms with Gasteiger partial charge in [-0.15, -0.1) is 0 Å². The van der Waals surface area contributed by atoms with E-state index in [-0.39, 0.29) is 22.7 Å². The van der Waals surface area contributed by atoms with Gasteiger partial charge in [0, 0.05) is 11.0 Å². The third kappa shape index (κ3) is 1.80. The summed E-state index contributed by atoms with van der Waals surface area (Å²) in [6.45, 7) is 6.99. The van der Waals surface area contributed by atoms with Gasteiger partial charge >= 0.3 is 11.9 Å². The molecule has 1 heterocycles. The summed E-state index contributed by atoms with van der Waals surface area (Å²) < 4.78 is 5.36. The summed E-state index contributed by atoms with van der Waals surface area (Å²) in [4.78, 5) is 24.5. The van der Waals surface area contributed by atoms with Crippen LogP contribution in [0.2, 0.25) is 0 Å². The normalized spacial score (nSPS) is 47.5. The second-order valence-electron chi connectivity index (χ2n) is 9.24. The SMILES string of the molecule is C[C@]12CCC[C@](C)(C(=O)O)[C@@H]1CC[C@@]1(C)C3=C(CC[C@@H]21)COC3=O. The van der Waals surface area contributed by atoms with Gasteiger partial charge in [0.2, 0.25) is 0 Å². The van der Waals surface area contributed by atoms with Crippen molar-refractivity contribution in [1.29, 1.82) is 0 Å². The summed E-state index contributed by atoms with van der Waals surface area (Å²) in [6.07, 6.45) is 6.65. The Morgan fingerprint density at radius 2 is 1.88 bits per heavy atom. The van der Waals surface area contributed by atoms with Crippen LogP contribution >= 0.6 is 0 Å². The van der Waals surface area contributed by atoms with Crippen LogP contribution in [0.25, 0.3) is 0 Å². The Hall–Kier alpha value is -1.32. The average Bonchev–Trinajstić information content (AvgIpc) is 2.89. The molecule has 0 amide bonds. The molecule has 1 N–H and O–H groups in total. The second kappa shape index (κ2) is 4.86. The van der Waals surface area contributed by atoms with Gasteiger partial charge in [0.1, 0.15) is 6.61 Å². The number of ether oxygens (including phenoxy) is 1. The Kier molecular flexibility index (Phi) is 3.27. The number of rotatable bonds is 1. The fourth-order valence-electron chi connectivity index (χ4n) is 7.12. The lowest BCUT2D eigenvalue weighted by molar-refractivity contribution is -0.176. The predicted octanol–water partition coefficient (Wildman–Crippen LogP) is 3.95. The lowest BCUT2D eigenvalue weighted by atomic mass is 9.40. The number of esters is 1. The van der Waals surface area contributed by atoms with E-state index >= 15 is 0 Å². The smallest absolute Gasteiger partial charge is 0.334 e. The molecule has 0 unspecified atom stereocenters. The number of carboxylic acids is 1. The van der Waals surface area contributed by atoms with E-state index in [0.717, 1.165) is 50.5 Å². The Morgan fingerprint density at radius 3 is 2.58 bits per heavy atom. The van der Waals surface area contributed by atoms with Crippen molar-refractivity contribution in [2.45, 2.75) is 65.7 Å². The zero-order chi connectivity index (χ0) is 17.3. The van der Waals surface area contributed by atoms with Gasteiger partial charge in [-0.05, 0) is 68.3 Å². The Labute approximate surface area is 143 Å². The molecule has 3 aliphatic carbocycles. The van der Waals surface area contributed by atoms with E-state index in [1.54, 1.807) is 0 Å². The molecule has 4 heteroatoms. The molecule has 4 nitrogen and oxygen atoms in total. The number of hydrogen-bond acceptors (Lipinski definition) is 3. The Bertz CT molecular complexity index is 650. The van der Waals surface area contributed by atoms with Gasteiger partial charge in [-0.25, -0.2) is 4.79 Å². The molecule has 0 aromatic heterocycles. The summed E-state index contributed by atoms with van der Waals surface area (Å²) in [5, 5.41) is 9.92. The van der Waals surface area contributed by atoms with Crippen molar-refractivity contribution in [3.8, 4) is 0 Å². The lowest BCUT2D eigenvalue weighted by Crippen LogP contribution is -2.58. The van der Waals surface area contributed by atoms with Crippen LogP contribution in [-0.4, -0.2) is 23.7 Å². The minimum absolute atomic E-state index is 0.000208. The van der Waals surface area contributed by atoms with Crippen LogP contribution in [0.15, 0.2) is 11.1 Å². The summed E-state index contributed by atoms with van der Waals surface area (Å²) in [5.74, 6) is -0.171. The molecule has 0 bridgehead atoms. The number of hydrogen-bond donors (Lipinski definition) is 1. The van der Waals surface area contributed by atoms with Gasteiger partial charge in [-0.2, -0.15) is 0 Å². The van der Waals surface area contributed by atoms with E-state index in [0.29, 0.717) is 12.5 Å². The van der Waals surface area contributed by atoms with Gasteiger partial charge in [-0.3, -0.25) is 4.79 Å². The summed E-state index contributed by atoms with van der Waals surface area (Å²) in [6, 6.07) is 0. The highest BCUT2D eigenvalue weighted by molar-refractivity contribution is 5.93. The van der Waals surface area contributed by atoms with Gasteiger partial charge in [0.25, 0.3) is 0 Å². The molecule has 0 spiro atoms. The predicted molar refractivity (Wildman–Crippen MR) is 89.2 cm³/mol. The van der Waals surface area contributed by atoms with Gasteiger partial charge in [0.05, 0.1) is 5.41 Å². The summed E-state index contributed by atoms with van der Waals surface area (Å²) in [5.41, 5.74) is 1.39. The minimum Gasteiger partial charge on any atom is -0.481 e. The molecule has 2 saturated carbocycles. The number of carboxylic acid groups (broad SMARTS) is 1. The van der Waals surface area contributed by atoms with Gasteiger partial charge in [0.15, 0.2) is 0 Å². The van der Waals surface area contributed by atoms with Crippen molar-refractivity contribution in [1.82, 2.24) is 0 Å². The maximum Gasteiger partial charge on any atom is 0.334 e. The van der Waals surface area contributed by atoms with E-state index < -0.39 is 11.4 Å². The zero-order valence-electron chi connectivity index (χ0n) is 15.0. The number of aliphatic carboxylic acids is 1. The zero-order valence-corrected chi connectivity index (χ0v) is 15.0. The molecule has 0 aromatic carbocycles. The van der Waals surface area contributed by atoms with Crippen molar-refractivity contribution >= 4 is 11.9 Å². The highest BCUT2D eigenvalue weighted by Gasteiger charge is 2.64. The van der Waals surface area contributed by atoms with E-state index in [2.05, 4.69) is 13.8 Å². The Morgan fingerprint density at radius 1 is 1.12 bits per heavy atom. The van der Waals surface area contributed by atoms with Crippen molar-refractivity contribution in [2.75, 3.05) is 6.61 Å². The molecule has 24 heavy (non-hydrogen) atoms. The largest absolute Gasteiger partial charge is 0.481 e. The van der Waals surface area contributed by atoms with E-state index in [1.165, 1.54) is 5.57 Å². The van der Waals surface area contributed by atoms with Crippen molar-refractivity contribution in [3.63, 3.8) is 0 Å². The number of carbonyl (C=O) groups excluding carboxylic acids is 1. The molecule has 0 aromatic rings. The van der Waals surface area contributed by atoms with E-state index in [4.69, 9.17) is 4.74 Å². The number of fused-ring (bicyclic) bond motifs is 4. The third-order valence-corrected chi connectivity index (χ3v) is 8.22. The molecule has 0 radical (unpaired) electrons. The van der Waals surface area contributed by atoms with Crippen molar-refractivity contribution in [3.05, 3.63) is 11.1 Å². The van der Waals surface area contributed by atoms with Crippen LogP contribution in [0.4, 0.5) is 0 Å². The molecule has 5 atom stereocenters. The topological polar surface area (TPSA) is 63.6 Å². The monoisotopic (exact) mass is 332 g/mol. The first-order valence-corrected chi connectivity index (χ1v) is 9.36. The number of carbonyl (C=O) groups is 2. The first-order valence-electron chi connectivity index (χ1n) is 9.36. The molecule has 132 valence electrons. The van der Waals surface area contributed by atoms with Crippen LogP contribution in [0, 0.1) is 28.1 Å². The van der Waals surface area contributed by atoms with E-state index in [9.17, 15) is 14.7 Å². The molecule has 1 aliphatic heterocycles. The Balaban J connectivity index is 1.79. The molecule has 4 aliphatic rings. The van der Waals surface area contributed by atoms with Crippen molar-refractivity contribution in [2.24, 2.45) is 28.1 Å². The quantitative estimate of drug-likeness (QED) is 0.739. The maximum absolute atomic E-state index is 12.4. The number of cyclic esters (lactones) is 1. The standard InChI is InChI=1S/C20H28O4/c1-18-8-4-9-20(3,17(22)23)14(18)7-10-19(2)13(18)6-5-12-11-24-16(21)15(12)19/h13-14H,4-11H2,1-3H3,(H,22,23)/t13-,14+,18+,19+,20-/m0/s1. The highest BCUT2D eigenvalue weighted by Crippen LogP contribution is 2.68. The molecule has 4 rings (SSSR count). The minimum atomic E-state index is -0.641. The first-order chi connectivity index (χ1) is 11.2. The van der Waals surface area contributed by atoms with Crippen LogP contribution in [0.1, 0.15) is 65.7 Å². The second-order valence-corrected chi connectivity index (χ2v) is 9.24. The molecule has 2 fully saturated rings. The molecule has 0 saturated heterocycles. The molecular weight excluding hydrogens is 304 g/mol. The summed E-state index contributed by atoms with van der Waals surface area (Å²) in [7, 11) is 0. The highest BCUT2D eigenvalue weighted by atomic mass is 16.5.